The monoisotopic (exact) mass is 368 g/mol. The second-order valence-corrected chi connectivity index (χ2v) is 8.22. The summed E-state index contributed by atoms with van der Waals surface area (Å²) in [4.78, 5) is 13.9. The Hall–Kier alpha value is -1.76. The molecule has 0 atom stereocenters. The van der Waals surface area contributed by atoms with Crippen LogP contribution in [-0.4, -0.2) is 24.2 Å². The fourth-order valence-corrected chi connectivity index (χ4v) is 4.68. The molecule has 1 aromatic rings. The minimum atomic E-state index is -3.85. The molecule has 0 radical (unpaired) electrons. The van der Waals surface area contributed by atoms with E-state index in [0.29, 0.717) is 19.3 Å². The van der Waals surface area contributed by atoms with Crippen LogP contribution in [0, 0.1) is 0 Å². The second kappa shape index (κ2) is 9.08. The Morgan fingerprint density at radius 3 is 2.64 bits per heavy atom. The van der Waals surface area contributed by atoms with Gasteiger partial charge < -0.3 is 5.11 Å². The van der Waals surface area contributed by atoms with Crippen LogP contribution in [0.15, 0.2) is 28.8 Å². The van der Waals surface area contributed by atoms with E-state index in [4.69, 9.17) is 0 Å². The highest BCUT2D eigenvalue weighted by molar-refractivity contribution is 7.96. The van der Waals surface area contributed by atoms with Crippen LogP contribution in [0.25, 0.3) is 0 Å². The van der Waals surface area contributed by atoms with E-state index in [-0.39, 0.29) is 16.9 Å². The molecule has 0 saturated carbocycles. The van der Waals surface area contributed by atoms with E-state index in [1.54, 1.807) is 12.3 Å². The Balaban J connectivity index is 2.08. The van der Waals surface area contributed by atoms with E-state index in [1.165, 1.54) is 23.9 Å². The lowest BCUT2D eigenvalue weighted by molar-refractivity contribution is -0.132. The van der Waals surface area contributed by atoms with Crippen molar-refractivity contribution >= 4 is 16.0 Å². The summed E-state index contributed by atoms with van der Waals surface area (Å²) in [5, 5.41) is 9.28. The van der Waals surface area contributed by atoms with E-state index < -0.39 is 16.0 Å². The molecule has 6 nitrogen and oxygen atoms in total. The van der Waals surface area contributed by atoms with Crippen LogP contribution in [0.5, 0.6) is 0 Å². The predicted octanol–water partition coefficient (Wildman–Crippen LogP) is 3.79. The van der Waals surface area contributed by atoms with Crippen LogP contribution in [-0.2, 0) is 21.2 Å². The molecule has 0 spiro atoms. The highest BCUT2D eigenvalue weighted by Crippen LogP contribution is 2.29. The largest absolute Gasteiger partial charge is 0.478 e. The van der Waals surface area contributed by atoms with Crippen molar-refractivity contribution < 1.29 is 18.3 Å². The van der Waals surface area contributed by atoms with E-state index >= 15 is 0 Å². The Labute approximate surface area is 150 Å². The first-order valence-electron chi connectivity index (χ1n) is 9.10. The molecule has 0 unspecified atom stereocenters. The van der Waals surface area contributed by atoms with Gasteiger partial charge >= 0.3 is 5.97 Å². The van der Waals surface area contributed by atoms with Crippen molar-refractivity contribution in [2.24, 2.45) is 0 Å². The van der Waals surface area contributed by atoms with Gasteiger partial charge in [0.15, 0.2) is 0 Å². The van der Waals surface area contributed by atoms with Gasteiger partial charge in [0.05, 0.1) is 10.5 Å². The molecule has 0 fully saturated rings. The van der Waals surface area contributed by atoms with Crippen molar-refractivity contribution in [1.29, 1.82) is 0 Å². The highest BCUT2D eigenvalue weighted by atomic mass is 32.2. The van der Waals surface area contributed by atoms with Gasteiger partial charge in [-0.2, -0.15) is 0 Å². The molecule has 1 aromatic heterocycles. The highest BCUT2D eigenvalue weighted by Gasteiger charge is 2.28. The van der Waals surface area contributed by atoms with Gasteiger partial charge in [0.25, 0.3) is 10.0 Å². The van der Waals surface area contributed by atoms with Crippen molar-refractivity contribution in [1.82, 2.24) is 4.68 Å². The second-order valence-electron chi connectivity index (χ2n) is 6.54. The van der Waals surface area contributed by atoms with Crippen LogP contribution >= 0.6 is 0 Å². The maximum Gasteiger partial charge on any atom is 0.332 e. The van der Waals surface area contributed by atoms with Crippen molar-refractivity contribution in [3.63, 3.8) is 0 Å². The fraction of sp³-hybridized carbons (Fsp3) is 0.611. The molecule has 0 aliphatic heterocycles. The van der Waals surface area contributed by atoms with Crippen LogP contribution in [0.1, 0.15) is 70.4 Å². The summed E-state index contributed by atoms with van der Waals surface area (Å²) in [6, 6.07) is 3.70. The van der Waals surface area contributed by atoms with Gasteiger partial charge in [0.1, 0.15) is 0 Å². The summed E-state index contributed by atoms with van der Waals surface area (Å²) in [6.45, 7) is 2.17. The normalized spacial score (nSPS) is 15.4. The molecule has 0 aromatic carbocycles. The number of carboxylic acids is 1. The number of hydrogen-bond donors (Lipinski definition) is 2. The predicted molar refractivity (Wildman–Crippen MR) is 98.3 cm³/mol. The van der Waals surface area contributed by atoms with Crippen LogP contribution in [0.2, 0.25) is 0 Å². The zero-order chi connectivity index (χ0) is 18.3. The molecule has 2 N–H and O–H groups in total. The number of rotatable bonds is 10. The maximum atomic E-state index is 12.7. The van der Waals surface area contributed by atoms with Gasteiger partial charge in [-0.25, -0.2) is 18.0 Å². The van der Waals surface area contributed by atoms with Crippen molar-refractivity contribution in [3.8, 4) is 0 Å². The number of sulfonamides is 1. The number of carbonyl (C=O) groups is 1. The summed E-state index contributed by atoms with van der Waals surface area (Å²) in [5.41, 5.74) is 0.917. The van der Waals surface area contributed by atoms with E-state index in [0.717, 1.165) is 25.0 Å². The van der Waals surface area contributed by atoms with E-state index in [9.17, 15) is 18.3 Å². The first kappa shape index (κ1) is 19.6. The Morgan fingerprint density at radius 2 is 1.92 bits per heavy atom. The summed E-state index contributed by atoms with van der Waals surface area (Å²) >= 11 is 0. The maximum absolute atomic E-state index is 12.7. The third-order valence-electron chi connectivity index (χ3n) is 4.59. The number of carboxylic acid groups (broad SMARTS) is 1. The van der Waals surface area contributed by atoms with Gasteiger partial charge in [-0.05, 0) is 50.7 Å². The van der Waals surface area contributed by atoms with Gasteiger partial charge in [0, 0.05) is 11.9 Å². The molecule has 1 aliphatic rings. The summed E-state index contributed by atoms with van der Waals surface area (Å²) in [6.07, 6.45) is 10.2. The third-order valence-corrected chi connectivity index (χ3v) is 6.12. The molecular formula is C18H28N2O4S. The van der Waals surface area contributed by atoms with Gasteiger partial charge in [-0.3, -0.25) is 4.68 Å². The van der Waals surface area contributed by atoms with Crippen LogP contribution in [0.4, 0.5) is 0 Å². The Morgan fingerprint density at radius 1 is 1.20 bits per heavy atom. The summed E-state index contributed by atoms with van der Waals surface area (Å²) in [7, 11) is -3.85. The molecule has 1 aliphatic carbocycles. The first-order chi connectivity index (χ1) is 12.0. The lowest BCUT2D eigenvalue weighted by atomic mass is 9.99. The summed E-state index contributed by atoms with van der Waals surface area (Å²) < 4.78 is 26.9. The molecular weight excluding hydrogens is 340 g/mol. The number of hydrogen-bond acceptors (Lipinski definition) is 3. The number of allylic oxidation sites excluding steroid dienone is 1. The zero-order valence-corrected chi connectivity index (χ0v) is 15.6. The van der Waals surface area contributed by atoms with Gasteiger partial charge in [0.2, 0.25) is 0 Å². The topological polar surface area (TPSA) is 88.4 Å². The van der Waals surface area contributed by atoms with Crippen molar-refractivity contribution in [3.05, 3.63) is 34.5 Å². The van der Waals surface area contributed by atoms with Gasteiger partial charge in [-0.15, -0.1) is 0 Å². The van der Waals surface area contributed by atoms with E-state index in [2.05, 4.69) is 11.8 Å². The SMILES string of the molecule is CCCCCCCc1cccn1NS(=O)(=O)C1=C(C(=O)O)CCCC1. The number of nitrogens with one attached hydrogen (secondary N) is 1. The molecule has 0 amide bonds. The average molecular weight is 368 g/mol. The minimum absolute atomic E-state index is 0.0204. The van der Waals surface area contributed by atoms with Crippen molar-refractivity contribution in [2.45, 2.75) is 71.1 Å². The third kappa shape index (κ3) is 5.36. The standard InChI is InChI=1S/C18H28N2O4S/c1-2-3-4-5-6-10-15-11-9-14-20(15)19-25(23,24)17-13-8-7-12-16(17)18(21)22/h9,11,14,19H,2-8,10,12-13H2,1H3,(H,21,22). The lowest BCUT2D eigenvalue weighted by Gasteiger charge is -2.20. The van der Waals surface area contributed by atoms with E-state index in [1.807, 2.05) is 6.07 Å². The molecule has 140 valence electrons. The van der Waals surface area contributed by atoms with Crippen LogP contribution < -0.4 is 4.83 Å². The number of aryl methyl sites for hydroxylation is 1. The quantitative estimate of drug-likeness (QED) is 0.615. The molecule has 1 heterocycles. The summed E-state index contributed by atoms with van der Waals surface area (Å²) in [5.74, 6) is -1.14. The van der Waals surface area contributed by atoms with Gasteiger partial charge in [-0.1, -0.05) is 32.6 Å². The van der Waals surface area contributed by atoms with Crippen molar-refractivity contribution in [2.75, 3.05) is 4.83 Å². The number of aromatic nitrogens is 1. The molecule has 2 rings (SSSR count). The number of nitrogens with zero attached hydrogens (tertiary/aromatic N) is 1. The molecule has 0 bridgehead atoms. The average Bonchev–Trinajstić information content (AvgIpc) is 3.01. The fourth-order valence-electron chi connectivity index (χ4n) is 3.20. The van der Waals surface area contributed by atoms with Crippen LogP contribution in [0.3, 0.4) is 0 Å². The first-order valence-corrected chi connectivity index (χ1v) is 10.6. The molecule has 25 heavy (non-hydrogen) atoms. The molecule has 0 saturated heterocycles. The smallest absolute Gasteiger partial charge is 0.332 e. The lowest BCUT2D eigenvalue weighted by Crippen LogP contribution is -2.28. The zero-order valence-electron chi connectivity index (χ0n) is 14.8. The molecule has 7 heteroatoms. The number of aliphatic carboxylic acids is 1. The Kier molecular flexibility index (Phi) is 7.11. The minimum Gasteiger partial charge on any atom is -0.478 e. The number of unbranched alkanes of at least 4 members (excludes halogenated alkanes) is 4. The Bertz CT molecular complexity index is 719.